The molecule has 5 heterocycles. The summed E-state index contributed by atoms with van der Waals surface area (Å²) in [6.45, 7) is -0.499. The molecule has 3 N–H and O–H groups in total. The molecule has 16 heteroatoms. The van der Waals surface area contributed by atoms with Crippen molar-refractivity contribution in [2.24, 2.45) is 0 Å². The summed E-state index contributed by atoms with van der Waals surface area (Å²) in [7, 11) is 0. The molecule has 0 saturated carbocycles. The minimum Gasteiger partial charge on any atom is -0.489 e. The maximum absolute atomic E-state index is 17.0. The zero-order valence-corrected chi connectivity index (χ0v) is 26.3. The fraction of sp³-hybridized carbons (Fsp3) is 0.452. The fourth-order valence-electron chi connectivity index (χ4n) is 7.25. The number of halogens is 6. The van der Waals surface area contributed by atoms with E-state index in [1.807, 2.05) is 11.0 Å². The molecule has 3 aliphatic rings. The number of hydrogen-bond donors (Lipinski definition) is 2. The number of nitrogens with zero attached hydrogens (tertiary/aromatic N) is 5. The van der Waals surface area contributed by atoms with E-state index in [9.17, 15) is 27.9 Å². The molecule has 0 radical (unpaired) electrons. The summed E-state index contributed by atoms with van der Waals surface area (Å²) < 4.78 is 86.6. The van der Waals surface area contributed by atoms with Gasteiger partial charge < -0.3 is 25.2 Å². The van der Waals surface area contributed by atoms with Gasteiger partial charge >= 0.3 is 6.01 Å². The van der Waals surface area contributed by atoms with Crippen molar-refractivity contribution in [1.29, 1.82) is 5.26 Å². The fourth-order valence-corrected chi connectivity index (χ4v) is 8.53. The van der Waals surface area contributed by atoms with Crippen LogP contribution < -0.4 is 20.1 Å². The van der Waals surface area contributed by atoms with Crippen LogP contribution in [-0.4, -0.2) is 83.6 Å². The van der Waals surface area contributed by atoms with E-state index in [0.717, 1.165) is 23.8 Å². The second kappa shape index (κ2) is 12.1. The molecular weight excluding hydrogens is 667 g/mol. The first-order chi connectivity index (χ1) is 22.6. The number of benzene rings is 2. The lowest BCUT2D eigenvalue weighted by Crippen LogP contribution is -2.44. The number of anilines is 2. The Bertz CT molecular complexity index is 1940. The van der Waals surface area contributed by atoms with Crippen LogP contribution >= 0.6 is 22.9 Å². The van der Waals surface area contributed by atoms with Gasteiger partial charge in [-0.15, -0.1) is 11.3 Å². The second-order valence-electron chi connectivity index (χ2n) is 12.0. The van der Waals surface area contributed by atoms with Gasteiger partial charge in [-0.1, -0.05) is 17.7 Å². The average molecular weight is 695 g/mol. The van der Waals surface area contributed by atoms with Crippen molar-refractivity contribution in [2.75, 3.05) is 50.1 Å². The number of ether oxygens (including phenoxy) is 2. The van der Waals surface area contributed by atoms with Crippen LogP contribution in [0.25, 0.3) is 32.1 Å². The van der Waals surface area contributed by atoms with E-state index >= 15 is 4.39 Å². The molecule has 2 saturated heterocycles. The highest BCUT2D eigenvalue weighted by Crippen LogP contribution is 2.51. The Morgan fingerprint density at radius 2 is 2.09 bits per heavy atom. The van der Waals surface area contributed by atoms with E-state index in [1.54, 1.807) is 0 Å². The number of aliphatic hydroxyl groups excluding tert-OH is 1. The molecule has 3 aliphatic heterocycles. The standard InChI is InChI=1S/C31H28ClF5N6O3S/c32-23-21(16-2-3-18(34)27-20(16)17(9-38)28(39)47-27)24(37)25-22-26(23)45-12-15(4-7-44)43(11-19(35)36)29(22)41-30(40-25)46-13-31-5-1-6-42(31)10-14(33)8-31/h2-3,14-15,19,44H,1,4-8,10-13,39H2/t14-,15?,31+/m1/s1. The molecule has 2 aromatic heterocycles. The lowest BCUT2D eigenvalue weighted by atomic mass is 9.95. The Morgan fingerprint density at radius 3 is 2.83 bits per heavy atom. The molecule has 9 nitrogen and oxygen atoms in total. The largest absolute Gasteiger partial charge is 0.489 e. The number of alkyl halides is 3. The van der Waals surface area contributed by atoms with Gasteiger partial charge in [0.05, 0.1) is 38.8 Å². The van der Waals surface area contributed by atoms with Crippen LogP contribution in [0.3, 0.4) is 0 Å². The molecule has 0 aliphatic carbocycles. The molecule has 248 valence electrons. The van der Waals surface area contributed by atoms with Crippen LogP contribution in [0, 0.1) is 23.0 Å². The third-order valence-electron chi connectivity index (χ3n) is 9.30. The minimum absolute atomic E-state index is 0.00358. The first kappa shape index (κ1) is 31.9. The molecule has 47 heavy (non-hydrogen) atoms. The van der Waals surface area contributed by atoms with E-state index in [0.29, 0.717) is 13.0 Å². The van der Waals surface area contributed by atoms with Crippen molar-refractivity contribution < 1.29 is 36.5 Å². The van der Waals surface area contributed by atoms with Crippen LogP contribution in [-0.2, 0) is 0 Å². The zero-order chi connectivity index (χ0) is 33.2. The Kier molecular flexibility index (Phi) is 8.18. The minimum atomic E-state index is -2.85. The summed E-state index contributed by atoms with van der Waals surface area (Å²) in [6.07, 6.45) is -2.14. The number of hydrogen-bond acceptors (Lipinski definition) is 10. The molecule has 2 fully saturated rings. The van der Waals surface area contributed by atoms with E-state index in [1.165, 1.54) is 11.0 Å². The Balaban J connectivity index is 1.47. The topological polar surface area (TPSA) is 121 Å². The number of nitrogen functional groups attached to an aromatic ring is 1. The normalized spacial score (nSPS) is 22.6. The summed E-state index contributed by atoms with van der Waals surface area (Å²) in [4.78, 5) is 12.1. The number of nitriles is 1. The number of fused-ring (bicyclic) bond motifs is 2. The molecule has 0 spiro atoms. The van der Waals surface area contributed by atoms with Crippen molar-refractivity contribution in [2.45, 2.75) is 49.9 Å². The predicted molar refractivity (Wildman–Crippen MR) is 167 cm³/mol. The molecule has 2 aromatic carbocycles. The molecule has 0 bridgehead atoms. The van der Waals surface area contributed by atoms with Crippen LogP contribution in [0.5, 0.6) is 11.8 Å². The number of thiophene rings is 1. The third kappa shape index (κ3) is 5.16. The van der Waals surface area contributed by atoms with E-state index in [4.69, 9.17) is 26.8 Å². The third-order valence-corrected chi connectivity index (χ3v) is 10.7. The van der Waals surface area contributed by atoms with Crippen molar-refractivity contribution in [3.8, 4) is 29.0 Å². The maximum Gasteiger partial charge on any atom is 0.319 e. The summed E-state index contributed by atoms with van der Waals surface area (Å²) in [6, 6.07) is 3.15. The van der Waals surface area contributed by atoms with Gasteiger partial charge in [-0.3, -0.25) is 4.90 Å². The zero-order valence-electron chi connectivity index (χ0n) is 24.7. The first-order valence-electron chi connectivity index (χ1n) is 15.0. The summed E-state index contributed by atoms with van der Waals surface area (Å²) in [5.41, 5.74) is 4.74. The van der Waals surface area contributed by atoms with Crippen LogP contribution in [0.2, 0.25) is 5.02 Å². The lowest BCUT2D eigenvalue weighted by Gasteiger charge is -2.32. The maximum atomic E-state index is 17.0. The van der Waals surface area contributed by atoms with E-state index in [-0.39, 0.29) is 104 Å². The Morgan fingerprint density at radius 1 is 1.28 bits per heavy atom. The monoisotopic (exact) mass is 694 g/mol. The van der Waals surface area contributed by atoms with Gasteiger partial charge in [-0.25, -0.2) is 22.0 Å². The average Bonchev–Trinajstić information content (AvgIpc) is 3.65. The molecular formula is C31H28ClF5N6O3S. The number of aliphatic hydroxyl groups is 1. The van der Waals surface area contributed by atoms with Crippen LogP contribution in [0.1, 0.15) is 31.2 Å². The van der Waals surface area contributed by atoms with E-state index in [2.05, 4.69) is 9.97 Å². The van der Waals surface area contributed by atoms with Gasteiger partial charge in [0.1, 0.15) is 47.6 Å². The molecule has 4 aromatic rings. The van der Waals surface area contributed by atoms with E-state index < -0.39 is 42.4 Å². The van der Waals surface area contributed by atoms with Crippen LogP contribution in [0.4, 0.5) is 32.8 Å². The smallest absolute Gasteiger partial charge is 0.319 e. The van der Waals surface area contributed by atoms with Crippen molar-refractivity contribution in [3.63, 3.8) is 0 Å². The number of rotatable bonds is 8. The van der Waals surface area contributed by atoms with Crippen molar-refractivity contribution >= 4 is 54.7 Å². The number of aromatic nitrogens is 2. The predicted octanol–water partition coefficient (Wildman–Crippen LogP) is 6.07. The number of nitrogens with two attached hydrogens (primary N) is 1. The molecule has 7 rings (SSSR count). The van der Waals surface area contributed by atoms with Crippen molar-refractivity contribution in [3.05, 3.63) is 34.4 Å². The highest BCUT2D eigenvalue weighted by Gasteiger charge is 2.49. The highest BCUT2D eigenvalue weighted by molar-refractivity contribution is 7.23. The Labute approximate surface area is 274 Å². The molecule has 3 atom stereocenters. The summed E-state index contributed by atoms with van der Waals surface area (Å²) in [5, 5.41) is 19.3. The van der Waals surface area contributed by atoms with Gasteiger partial charge in [-0.2, -0.15) is 15.2 Å². The van der Waals surface area contributed by atoms with Gasteiger partial charge in [0.2, 0.25) is 0 Å². The Hall–Kier alpha value is -3.71. The highest BCUT2D eigenvalue weighted by atomic mass is 35.5. The molecule has 1 unspecified atom stereocenters. The van der Waals surface area contributed by atoms with Gasteiger partial charge in [0.15, 0.2) is 11.6 Å². The van der Waals surface area contributed by atoms with Crippen LogP contribution in [0.15, 0.2) is 12.1 Å². The van der Waals surface area contributed by atoms with Gasteiger partial charge in [-0.05, 0) is 37.4 Å². The summed E-state index contributed by atoms with van der Waals surface area (Å²) in [5.74, 6) is -1.95. The lowest BCUT2D eigenvalue weighted by molar-refractivity contribution is 0.107. The first-order valence-corrected chi connectivity index (χ1v) is 16.2. The second-order valence-corrected chi connectivity index (χ2v) is 13.5. The van der Waals surface area contributed by atoms with Crippen molar-refractivity contribution in [1.82, 2.24) is 14.9 Å². The van der Waals surface area contributed by atoms with Gasteiger partial charge in [0, 0.05) is 30.5 Å². The SMILES string of the molecule is N#Cc1c(N)sc2c(F)ccc(-c3c(Cl)c4c5c(nc(OC[C@@]67CCCN6C[C@H](F)C7)nc5c3F)N(CC(F)F)C(CCO)CO4)c12. The summed E-state index contributed by atoms with van der Waals surface area (Å²) >= 11 is 7.70. The van der Waals surface area contributed by atoms with Gasteiger partial charge in [0.25, 0.3) is 6.43 Å². The molecule has 0 amide bonds. The quantitative estimate of drug-likeness (QED) is 0.212.